The first-order valence-corrected chi connectivity index (χ1v) is 23.6. The first-order chi connectivity index (χ1) is 28.8. The summed E-state index contributed by atoms with van der Waals surface area (Å²) in [6.07, 6.45) is 3.52. The third-order valence-electron chi connectivity index (χ3n) is 11.2. The summed E-state index contributed by atoms with van der Waals surface area (Å²) in [7, 11) is -0.916. The number of benzene rings is 1. The van der Waals surface area contributed by atoms with Crippen molar-refractivity contribution in [3.8, 4) is 0 Å². The van der Waals surface area contributed by atoms with Crippen molar-refractivity contribution in [1.29, 1.82) is 0 Å². The lowest BCUT2D eigenvalue weighted by Gasteiger charge is -2.38. The highest BCUT2D eigenvalue weighted by Gasteiger charge is 2.48. The molecule has 0 aliphatic carbocycles. The Morgan fingerprint density at radius 1 is 0.968 bits per heavy atom. The molecule has 17 heteroatoms. The Morgan fingerprint density at radius 2 is 1.61 bits per heavy atom. The molecule has 0 bridgehead atoms. The van der Waals surface area contributed by atoms with E-state index in [1.54, 1.807) is 63.5 Å². The number of carbonyl (C=O) groups is 6. The van der Waals surface area contributed by atoms with Crippen molar-refractivity contribution in [3.05, 3.63) is 65.6 Å². The molecular weight excluding hydrogens is 831 g/mol. The van der Waals surface area contributed by atoms with Crippen molar-refractivity contribution in [2.24, 2.45) is 22.7 Å². The van der Waals surface area contributed by atoms with Crippen LogP contribution in [0.15, 0.2) is 58.6 Å². The van der Waals surface area contributed by atoms with E-state index in [9.17, 15) is 37.2 Å². The van der Waals surface area contributed by atoms with Crippen LogP contribution in [-0.4, -0.2) is 116 Å². The molecule has 3 rings (SSSR count). The fourth-order valence-corrected chi connectivity index (χ4v) is 9.95. The van der Waals surface area contributed by atoms with Gasteiger partial charge in [-0.3, -0.25) is 24.0 Å². The molecule has 1 aliphatic rings. The van der Waals surface area contributed by atoms with Gasteiger partial charge in [0.15, 0.2) is 0 Å². The Kier molecular flexibility index (Phi) is 18.5. The number of urea groups is 1. The predicted octanol–water partition coefficient (Wildman–Crippen LogP) is 5.19. The normalized spacial score (nSPS) is 17.2. The van der Waals surface area contributed by atoms with Crippen LogP contribution < -0.4 is 21.3 Å². The smallest absolute Gasteiger partial charge is 0.315 e. The summed E-state index contributed by atoms with van der Waals surface area (Å²) in [6.45, 7) is 20.9. The fourth-order valence-electron chi connectivity index (χ4n) is 7.35. The number of sulfonamides is 1. The molecule has 15 nitrogen and oxygen atoms in total. The first kappa shape index (κ1) is 51.7. The lowest BCUT2D eigenvalue weighted by Crippen LogP contribution is -2.62. The van der Waals surface area contributed by atoms with Crippen molar-refractivity contribution < 1.29 is 37.2 Å². The minimum atomic E-state index is -4.01. The number of nitrogens with one attached hydrogen (secondary N) is 4. The lowest BCUT2D eigenvalue weighted by atomic mass is 9.84. The Hall–Kier alpha value is -4.61. The van der Waals surface area contributed by atoms with Gasteiger partial charge in [-0.15, -0.1) is 17.9 Å². The molecule has 5 atom stereocenters. The number of Topliss-reactive ketones (excluding diaryl/α,β-unsaturated/α-hetero) is 1. The number of hydrogen-bond donors (Lipinski definition) is 4. The molecule has 344 valence electrons. The molecular formula is C45H69N7O8S2. The number of thiophene rings is 1. The summed E-state index contributed by atoms with van der Waals surface area (Å²) in [4.78, 5) is 84.5. The zero-order valence-electron chi connectivity index (χ0n) is 38.4. The Balaban J connectivity index is 1.80. The van der Waals surface area contributed by atoms with E-state index in [-0.39, 0.29) is 54.6 Å². The van der Waals surface area contributed by atoms with Crippen LogP contribution in [0.2, 0.25) is 0 Å². The molecule has 1 saturated heterocycles. The summed E-state index contributed by atoms with van der Waals surface area (Å²) >= 11 is 1.05. The topological polar surface area (TPSA) is 194 Å². The van der Waals surface area contributed by atoms with Gasteiger partial charge in [0.1, 0.15) is 16.3 Å². The zero-order chi connectivity index (χ0) is 46.7. The third-order valence-corrected chi connectivity index (χ3v) is 14.5. The maximum absolute atomic E-state index is 14.6. The largest absolute Gasteiger partial charge is 0.346 e. The summed E-state index contributed by atoms with van der Waals surface area (Å²) in [5.41, 5.74) is -0.287. The van der Waals surface area contributed by atoms with Crippen LogP contribution in [-0.2, 0) is 35.7 Å². The second-order valence-electron chi connectivity index (χ2n) is 18.7. The van der Waals surface area contributed by atoms with Crippen LogP contribution >= 0.6 is 11.3 Å². The number of ketones is 1. The molecule has 0 radical (unpaired) electrons. The number of carbonyl (C=O) groups excluding carboxylic acids is 6. The number of likely N-dealkylation sites (tertiary alicyclic amines) is 1. The highest BCUT2D eigenvalue weighted by Crippen LogP contribution is 2.34. The van der Waals surface area contributed by atoms with Gasteiger partial charge in [-0.05, 0) is 64.7 Å². The summed E-state index contributed by atoms with van der Waals surface area (Å²) in [5, 5.41) is 12.8. The quantitative estimate of drug-likeness (QED) is 0.103. The number of amides is 6. The van der Waals surface area contributed by atoms with Crippen molar-refractivity contribution >= 4 is 56.8 Å². The molecule has 2 aromatic rings. The summed E-state index contributed by atoms with van der Waals surface area (Å²) in [5.74, 6) is -3.09. The SMILES string of the molecule is C=CCNC(=O)C(=O)C(CCCC)NC(=O)[C@@H]1C(C(C)C)CCN1C(=O)[C@@H](NC(=O)N[C@H](CN(C)S(=O)(=O)c1cc(CN(C)C(=O)c2ccccc2)cs1)C(C)(C)C)C(C)(C)C. The number of likely N-dealkylation sites (N-methyl/N-ethyl adjacent to an activating group) is 1. The van der Waals surface area contributed by atoms with Crippen LogP contribution in [0.3, 0.4) is 0 Å². The number of hydrogen-bond acceptors (Lipinski definition) is 9. The fraction of sp³-hybridized carbons (Fsp3) is 0.600. The molecule has 0 spiro atoms. The van der Waals surface area contributed by atoms with Gasteiger partial charge in [-0.2, -0.15) is 4.31 Å². The maximum Gasteiger partial charge on any atom is 0.315 e. The Bertz CT molecular complexity index is 2010. The van der Waals surface area contributed by atoms with Gasteiger partial charge >= 0.3 is 6.03 Å². The van der Waals surface area contributed by atoms with E-state index in [1.807, 2.05) is 47.6 Å². The van der Waals surface area contributed by atoms with E-state index in [0.717, 1.165) is 17.8 Å². The molecule has 1 aromatic heterocycles. The first-order valence-electron chi connectivity index (χ1n) is 21.3. The van der Waals surface area contributed by atoms with E-state index < -0.39 is 74.6 Å². The van der Waals surface area contributed by atoms with E-state index in [1.165, 1.54) is 27.2 Å². The van der Waals surface area contributed by atoms with Gasteiger partial charge in [0.05, 0.1) is 6.04 Å². The van der Waals surface area contributed by atoms with Crippen LogP contribution in [0.4, 0.5) is 4.79 Å². The van der Waals surface area contributed by atoms with Gasteiger partial charge in [0, 0.05) is 51.9 Å². The van der Waals surface area contributed by atoms with Gasteiger partial charge in [-0.1, -0.05) is 99.4 Å². The second kappa shape index (κ2) is 22.1. The molecule has 1 aromatic carbocycles. The molecule has 2 unspecified atom stereocenters. The average Bonchev–Trinajstić information content (AvgIpc) is 3.87. The lowest BCUT2D eigenvalue weighted by molar-refractivity contribution is -0.144. The van der Waals surface area contributed by atoms with Crippen molar-refractivity contribution in [2.75, 3.05) is 33.7 Å². The second-order valence-corrected chi connectivity index (χ2v) is 21.8. The molecule has 2 heterocycles. The van der Waals surface area contributed by atoms with Gasteiger partial charge in [-0.25, -0.2) is 13.2 Å². The van der Waals surface area contributed by atoms with E-state index in [0.29, 0.717) is 24.0 Å². The molecule has 62 heavy (non-hydrogen) atoms. The van der Waals surface area contributed by atoms with Crippen molar-refractivity contribution in [1.82, 2.24) is 35.4 Å². The third kappa shape index (κ3) is 13.7. The van der Waals surface area contributed by atoms with E-state index in [4.69, 9.17) is 0 Å². The van der Waals surface area contributed by atoms with Gasteiger partial charge in [0.25, 0.3) is 21.8 Å². The van der Waals surface area contributed by atoms with Crippen LogP contribution in [0.25, 0.3) is 0 Å². The highest BCUT2D eigenvalue weighted by atomic mass is 32.2. The van der Waals surface area contributed by atoms with Crippen molar-refractivity contribution in [2.45, 2.75) is 123 Å². The zero-order valence-corrected chi connectivity index (χ0v) is 40.0. The number of unbranched alkanes of at least 4 members (excludes halogenated alkanes) is 1. The van der Waals surface area contributed by atoms with Crippen molar-refractivity contribution in [3.63, 3.8) is 0 Å². The van der Waals surface area contributed by atoms with Gasteiger partial charge < -0.3 is 31.1 Å². The Morgan fingerprint density at radius 3 is 2.18 bits per heavy atom. The molecule has 4 N–H and O–H groups in total. The van der Waals surface area contributed by atoms with E-state index >= 15 is 0 Å². The Labute approximate surface area is 372 Å². The minimum absolute atomic E-state index is 0.0136. The molecule has 0 saturated carbocycles. The average molecular weight is 900 g/mol. The highest BCUT2D eigenvalue weighted by molar-refractivity contribution is 7.91. The van der Waals surface area contributed by atoms with Gasteiger partial charge in [0.2, 0.25) is 17.6 Å². The molecule has 6 amide bonds. The number of rotatable bonds is 20. The monoisotopic (exact) mass is 899 g/mol. The summed E-state index contributed by atoms with van der Waals surface area (Å²) < 4.78 is 29.0. The van der Waals surface area contributed by atoms with Crippen LogP contribution in [0.5, 0.6) is 0 Å². The predicted molar refractivity (Wildman–Crippen MR) is 243 cm³/mol. The molecule has 1 fully saturated rings. The van der Waals surface area contributed by atoms with E-state index in [2.05, 4.69) is 27.8 Å². The number of nitrogens with zero attached hydrogens (tertiary/aromatic N) is 3. The summed E-state index contributed by atoms with van der Waals surface area (Å²) in [6, 6.07) is 5.80. The van der Waals surface area contributed by atoms with Crippen LogP contribution in [0, 0.1) is 22.7 Å². The van der Waals surface area contributed by atoms with Crippen LogP contribution in [0.1, 0.15) is 104 Å². The molecule has 1 aliphatic heterocycles. The minimum Gasteiger partial charge on any atom is -0.346 e. The maximum atomic E-state index is 14.6. The standard InChI is InChI=1S/C45H69N7O8S2/c1-13-15-21-33(37(53)40(55)46-23-14-2)47-39(54)36-32(29(3)4)22-24-52(36)42(57)38(45(8,9)10)49-43(58)48-34(44(5,6)7)27-51(12)62(59,60)35-25-30(28-61-35)26-50(11)41(56)31-19-17-16-18-20-31/h14,16-20,25,28-29,32-34,36,38H,2,13,15,21-24,26-27H2,1,3-12H3,(H,46,55)(H,47,54)(H2,48,49,58)/t32?,33?,34-,36+,38-/m1/s1.